The third-order valence-electron chi connectivity index (χ3n) is 5.06. The van der Waals surface area contributed by atoms with Gasteiger partial charge in [0.15, 0.2) is 0 Å². The number of nitrogens with zero attached hydrogens (tertiary/aromatic N) is 1. The summed E-state index contributed by atoms with van der Waals surface area (Å²) in [5, 5.41) is 2.12. The lowest BCUT2D eigenvalue weighted by atomic mass is 9.95. The molecule has 2 aromatic rings. The van der Waals surface area contributed by atoms with Crippen LogP contribution in [0.4, 0.5) is 0 Å². The zero-order valence-corrected chi connectivity index (χ0v) is 16.8. The van der Waals surface area contributed by atoms with Crippen molar-refractivity contribution in [3.05, 3.63) is 42.0 Å². The molecule has 1 aliphatic rings. The first-order chi connectivity index (χ1) is 12.8. The van der Waals surface area contributed by atoms with Crippen molar-refractivity contribution < 1.29 is 17.9 Å². The molecule has 1 N–H and O–H groups in total. The van der Waals surface area contributed by atoms with Crippen LogP contribution in [0, 0.1) is 0 Å². The second-order valence-corrected chi connectivity index (χ2v) is 8.99. The lowest BCUT2D eigenvalue weighted by Crippen LogP contribution is -2.50. The van der Waals surface area contributed by atoms with Crippen LogP contribution in [0.25, 0.3) is 10.8 Å². The van der Waals surface area contributed by atoms with Crippen molar-refractivity contribution in [1.82, 2.24) is 9.62 Å². The number of hydrogen-bond acceptors (Lipinski definition) is 4. The van der Waals surface area contributed by atoms with Crippen LogP contribution in [0.5, 0.6) is 5.75 Å². The Kier molecular flexibility index (Phi) is 5.72. The molecule has 0 spiro atoms. The monoisotopic (exact) mass is 390 g/mol. The van der Waals surface area contributed by atoms with E-state index < -0.39 is 10.0 Å². The summed E-state index contributed by atoms with van der Waals surface area (Å²) in [5.41, 5.74) is 0.955. The summed E-state index contributed by atoms with van der Waals surface area (Å²) in [6.45, 7) is 2.98. The number of ether oxygens (including phenoxy) is 1. The number of hydrogen-bond donors (Lipinski definition) is 1. The number of likely N-dealkylation sites (tertiary alicyclic amines) is 1. The fourth-order valence-electron chi connectivity index (χ4n) is 3.63. The quantitative estimate of drug-likeness (QED) is 0.851. The van der Waals surface area contributed by atoms with Crippen LogP contribution < -0.4 is 9.46 Å². The first-order valence-electron chi connectivity index (χ1n) is 9.10. The Bertz CT molecular complexity index is 942. The molecule has 6 nitrogen and oxygen atoms in total. The smallest absolute Gasteiger partial charge is 0.229 e. The van der Waals surface area contributed by atoms with Crippen LogP contribution >= 0.6 is 0 Å². The largest absolute Gasteiger partial charge is 0.497 e. The van der Waals surface area contributed by atoms with Crippen LogP contribution in [0.1, 0.15) is 31.2 Å². The summed E-state index contributed by atoms with van der Waals surface area (Å²) < 4.78 is 30.8. The third kappa shape index (κ3) is 4.78. The van der Waals surface area contributed by atoms with Gasteiger partial charge in [-0.15, -0.1) is 0 Å². The maximum atomic E-state index is 13.0. The molecule has 0 saturated carbocycles. The Morgan fingerprint density at radius 1 is 1.22 bits per heavy atom. The lowest BCUT2D eigenvalue weighted by Gasteiger charge is -2.34. The van der Waals surface area contributed by atoms with Crippen molar-refractivity contribution in [2.75, 3.05) is 26.5 Å². The Morgan fingerprint density at radius 3 is 2.63 bits per heavy atom. The van der Waals surface area contributed by atoms with Gasteiger partial charge in [-0.1, -0.05) is 24.3 Å². The molecule has 146 valence electrons. The van der Waals surface area contributed by atoms with E-state index >= 15 is 0 Å². The molecule has 1 fully saturated rings. The van der Waals surface area contributed by atoms with Crippen LogP contribution in [-0.2, 0) is 14.8 Å². The second-order valence-electron chi connectivity index (χ2n) is 7.21. The van der Waals surface area contributed by atoms with E-state index in [0.717, 1.165) is 41.2 Å². The molecule has 1 saturated heterocycles. The highest BCUT2D eigenvalue weighted by Gasteiger charge is 2.28. The third-order valence-corrected chi connectivity index (χ3v) is 5.82. The lowest BCUT2D eigenvalue weighted by molar-refractivity contribution is -0.133. The van der Waals surface area contributed by atoms with Crippen LogP contribution in [0.3, 0.4) is 0 Å². The molecule has 1 amide bonds. The van der Waals surface area contributed by atoms with Crippen LogP contribution in [-0.4, -0.2) is 51.7 Å². The molecule has 2 aromatic carbocycles. The first kappa shape index (κ1) is 19.6. The Labute approximate surface area is 160 Å². The van der Waals surface area contributed by atoms with Gasteiger partial charge in [-0.05, 0) is 48.2 Å². The van der Waals surface area contributed by atoms with E-state index in [2.05, 4.69) is 4.72 Å². The zero-order valence-electron chi connectivity index (χ0n) is 15.9. The molecule has 7 heteroatoms. The molecule has 0 radical (unpaired) electrons. The van der Waals surface area contributed by atoms with Crippen molar-refractivity contribution >= 4 is 26.7 Å². The first-order valence-corrected chi connectivity index (χ1v) is 11.0. The van der Waals surface area contributed by atoms with Gasteiger partial charge in [0.1, 0.15) is 5.75 Å². The van der Waals surface area contributed by atoms with Gasteiger partial charge in [0, 0.05) is 19.1 Å². The van der Waals surface area contributed by atoms with Gasteiger partial charge in [0.05, 0.1) is 19.3 Å². The highest BCUT2D eigenvalue weighted by molar-refractivity contribution is 7.88. The average Bonchev–Trinajstić information content (AvgIpc) is 2.64. The maximum Gasteiger partial charge on any atom is 0.229 e. The number of fused-ring (bicyclic) bond motifs is 1. The number of amides is 1. The number of sulfonamides is 1. The number of piperidine rings is 1. The zero-order chi connectivity index (χ0) is 19.6. The van der Waals surface area contributed by atoms with Crippen LogP contribution in [0.2, 0.25) is 0 Å². The molecular formula is C20H26N2O4S. The second kappa shape index (κ2) is 7.86. The van der Waals surface area contributed by atoms with Gasteiger partial charge >= 0.3 is 0 Å². The molecule has 3 rings (SSSR count). The van der Waals surface area contributed by atoms with Gasteiger partial charge in [-0.25, -0.2) is 13.1 Å². The van der Waals surface area contributed by atoms with E-state index in [9.17, 15) is 13.2 Å². The minimum absolute atomic E-state index is 0.0304. The predicted octanol–water partition coefficient (Wildman–Crippen LogP) is 2.49. The average molecular weight is 391 g/mol. The Balaban J connectivity index is 1.75. The van der Waals surface area contributed by atoms with E-state index in [4.69, 9.17) is 4.74 Å². The fraction of sp³-hybridized carbons (Fsp3) is 0.450. The predicted molar refractivity (Wildman–Crippen MR) is 106 cm³/mol. The van der Waals surface area contributed by atoms with Gasteiger partial charge in [-0.3, -0.25) is 4.79 Å². The normalized spacial score (nSPS) is 19.1. The van der Waals surface area contributed by atoms with E-state index in [1.54, 1.807) is 12.0 Å². The fourth-order valence-corrected chi connectivity index (χ4v) is 4.43. The molecule has 0 unspecified atom stereocenters. The molecule has 0 bridgehead atoms. The summed E-state index contributed by atoms with van der Waals surface area (Å²) in [4.78, 5) is 14.7. The maximum absolute atomic E-state index is 13.0. The van der Waals surface area contributed by atoms with Crippen molar-refractivity contribution in [2.45, 2.75) is 31.7 Å². The molecular weight excluding hydrogens is 364 g/mol. The number of methoxy groups -OCH3 is 1. The van der Waals surface area contributed by atoms with E-state index in [1.807, 2.05) is 43.3 Å². The van der Waals surface area contributed by atoms with Gasteiger partial charge in [0.2, 0.25) is 15.9 Å². The van der Waals surface area contributed by atoms with Gasteiger partial charge < -0.3 is 9.64 Å². The van der Waals surface area contributed by atoms with E-state index in [-0.39, 0.29) is 17.9 Å². The van der Waals surface area contributed by atoms with Crippen LogP contribution in [0.15, 0.2) is 36.4 Å². The highest BCUT2D eigenvalue weighted by atomic mass is 32.2. The number of rotatable bonds is 5. The molecule has 2 atom stereocenters. The van der Waals surface area contributed by atoms with Crippen molar-refractivity contribution in [3.8, 4) is 5.75 Å². The summed E-state index contributed by atoms with van der Waals surface area (Å²) in [5.74, 6) is 0.549. The minimum Gasteiger partial charge on any atom is -0.497 e. The van der Waals surface area contributed by atoms with Crippen molar-refractivity contribution in [3.63, 3.8) is 0 Å². The molecule has 1 heterocycles. The number of benzene rings is 2. The molecule has 0 aliphatic carbocycles. The SMILES string of the molecule is COc1ccc2cc([C@H](C)C(=O)N3CCC[C@H](NS(C)(=O)=O)C3)ccc2c1. The van der Waals surface area contributed by atoms with E-state index in [0.29, 0.717) is 13.1 Å². The minimum atomic E-state index is -3.27. The summed E-state index contributed by atoms with van der Waals surface area (Å²) in [6.07, 6.45) is 2.70. The van der Waals surface area contributed by atoms with E-state index in [1.165, 1.54) is 0 Å². The number of carbonyl (C=O) groups is 1. The Morgan fingerprint density at radius 2 is 1.93 bits per heavy atom. The van der Waals surface area contributed by atoms with Crippen molar-refractivity contribution in [2.24, 2.45) is 0 Å². The number of carbonyl (C=O) groups excluding carboxylic acids is 1. The standard InChI is InChI=1S/C20H26N2O4S/c1-14(15-6-7-17-12-19(26-2)9-8-16(17)11-15)20(23)22-10-4-5-18(13-22)21-27(3,24)25/h6-9,11-12,14,18,21H,4-5,10,13H2,1-3H3/t14-,18-/m0/s1. The summed E-state index contributed by atoms with van der Waals surface area (Å²) in [6, 6.07) is 11.7. The number of nitrogens with one attached hydrogen (secondary N) is 1. The van der Waals surface area contributed by atoms with Crippen molar-refractivity contribution in [1.29, 1.82) is 0 Å². The van der Waals surface area contributed by atoms with Gasteiger partial charge in [-0.2, -0.15) is 0 Å². The van der Waals surface area contributed by atoms with Gasteiger partial charge in [0.25, 0.3) is 0 Å². The highest BCUT2D eigenvalue weighted by Crippen LogP contribution is 2.27. The summed E-state index contributed by atoms with van der Waals surface area (Å²) >= 11 is 0. The Hall–Kier alpha value is -2.12. The molecule has 1 aliphatic heterocycles. The summed E-state index contributed by atoms with van der Waals surface area (Å²) in [7, 11) is -1.63. The molecule has 27 heavy (non-hydrogen) atoms. The molecule has 0 aromatic heterocycles. The topological polar surface area (TPSA) is 75.7 Å².